The predicted octanol–water partition coefficient (Wildman–Crippen LogP) is 4.06. The summed E-state index contributed by atoms with van der Waals surface area (Å²) in [4.78, 5) is 24.5. The highest BCUT2D eigenvalue weighted by Gasteiger charge is 2.31. The van der Waals surface area contributed by atoms with E-state index in [9.17, 15) is 4.79 Å². The molecule has 3 heterocycles. The minimum absolute atomic E-state index is 0.0366. The number of piperazine rings is 1. The molecule has 2 aliphatic rings. The van der Waals surface area contributed by atoms with E-state index in [1.54, 1.807) is 0 Å². The molecule has 8 heteroatoms. The molecule has 172 valence electrons. The Hall–Kier alpha value is -2.71. The zero-order valence-corrected chi connectivity index (χ0v) is 20.2. The average Bonchev–Trinajstić information content (AvgIpc) is 3.33. The van der Waals surface area contributed by atoms with Crippen LogP contribution in [0.25, 0.3) is 11.4 Å². The van der Waals surface area contributed by atoms with Crippen molar-refractivity contribution in [2.75, 3.05) is 44.2 Å². The number of carbonyl (C=O) groups excluding carboxylic acids is 1. The topological polar surface area (TPSA) is 65.7 Å². The van der Waals surface area contributed by atoms with Crippen molar-refractivity contribution in [1.29, 1.82) is 0 Å². The first-order valence-electron chi connectivity index (χ1n) is 11.6. The van der Waals surface area contributed by atoms with Gasteiger partial charge in [0.15, 0.2) is 0 Å². The molecule has 2 saturated heterocycles. The van der Waals surface area contributed by atoms with Crippen LogP contribution in [0.4, 0.5) is 5.69 Å². The number of piperidine rings is 1. The Morgan fingerprint density at radius 1 is 1.03 bits per heavy atom. The van der Waals surface area contributed by atoms with Gasteiger partial charge >= 0.3 is 0 Å². The highest BCUT2D eigenvalue weighted by Crippen LogP contribution is 2.24. The van der Waals surface area contributed by atoms with Crippen LogP contribution in [0.5, 0.6) is 0 Å². The molecule has 1 unspecified atom stereocenters. The van der Waals surface area contributed by atoms with Gasteiger partial charge < -0.3 is 14.3 Å². The lowest BCUT2D eigenvalue weighted by Gasteiger charge is -2.39. The van der Waals surface area contributed by atoms with Crippen molar-refractivity contribution in [2.24, 2.45) is 5.92 Å². The van der Waals surface area contributed by atoms with Crippen LogP contribution in [0.1, 0.15) is 18.7 Å². The molecule has 0 radical (unpaired) electrons. The van der Waals surface area contributed by atoms with Gasteiger partial charge in [-0.1, -0.05) is 51.4 Å². The molecule has 1 amide bonds. The second kappa shape index (κ2) is 10.1. The molecule has 0 N–H and O–H groups in total. The minimum atomic E-state index is 0.0366. The lowest BCUT2D eigenvalue weighted by atomic mass is 9.96. The lowest BCUT2D eigenvalue weighted by molar-refractivity contribution is -0.137. The number of halogens is 1. The van der Waals surface area contributed by atoms with Gasteiger partial charge in [-0.2, -0.15) is 4.98 Å². The van der Waals surface area contributed by atoms with E-state index in [0.29, 0.717) is 18.3 Å². The SMILES string of the molecule is O=C(C1CCCN(Cc2nc(-c3cccc(Br)c3)no2)C1)N1CCN(c2ccccc2)CC1. The Morgan fingerprint density at radius 3 is 2.64 bits per heavy atom. The summed E-state index contributed by atoms with van der Waals surface area (Å²) in [7, 11) is 0. The van der Waals surface area contributed by atoms with Crippen molar-refractivity contribution >= 4 is 27.5 Å². The summed E-state index contributed by atoms with van der Waals surface area (Å²) in [6, 6.07) is 18.3. The van der Waals surface area contributed by atoms with E-state index in [0.717, 1.165) is 62.1 Å². The number of amides is 1. The van der Waals surface area contributed by atoms with E-state index < -0.39 is 0 Å². The minimum Gasteiger partial charge on any atom is -0.368 e. The number of nitrogens with zero attached hydrogens (tertiary/aromatic N) is 5. The third kappa shape index (κ3) is 5.28. The fraction of sp³-hybridized carbons (Fsp3) is 0.400. The van der Waals surface area contributed by atoms with Crippen LogP contribution in [-0.4, -0.2) is 65.1 Å². The molecule has 0 aliphatic carbocycles. The van der Waals surface area contributed by atoms with E-state index in [1.807, 2.05) is 35.2 Å². The van der Waals surface area contributed by atoms with Gasteiger partial charge in [0, 0.05) is 48.4 Å². The van der Waals surface area contributed by atoms with E-state index in [4.69, 9.17) is 4.52 Å². The fourth-order valence-electron chi connectivity index (χ4n) is 4.74. The third-order valence-electron chi connectivity index (χ3n) is 6.48. The Labute approximate surface area is 202 Å². The van der Waals surface area contributed by atoms with Gasteiger partial charge in [0.1, 0.15) is 0 Å². The smallest absolute Gasteiger partial charge is 0.241 e. The molecule has 0 bridgehead atoms. The highest BCUT2D eigenvalue weighted by atomic mass is 79.9. The van der Waals surface area contributed by atoms with Gasteiger partial charge in [0.2, 0.25) is 17.6 Å². The number of likely N-dealkylation sites (tertiary alicyclic amines) is 1. The normalized spacial score (nSPS) is 19.6. The molecular formula is C25H28BrN5O2. The lowest BCUT2D eigenvalue weighted by Crippen LogP contribution is -2.52. The maximum atomic E-state index is 13.2. The quantitative estimate of drug-likeness (QED) is 0.516. The summed E-state index contributed by atoms with van der Waals surface area (Å²) < 4.78 is 6.49. The first-order chi connectivity index (χ1) is 16.2. The van der Waals surface area contributed by atoms with Crippen molar-refractivity contribution in [3.63, 3.8) is 0 Å². The van der Waals surface area contributed by atoms with Crippen LogP contribution >= 0.6 is 15.9 Å². The molecule has 2 aromatic carbocycles. The van der Waals surface area contributed by atoms with Crippen molar-refractivity contribution in [1.82, 2.24) is 19.9 Å². The van der Waals surface area contributed by atoms with Gasteiger partial charge in [0.05, 0.1) is 12.5 Å². The number of carbonyl (C=O) groups is 1. The number of anilines is 1. The molecule has 33 heavy (non-hydrogen) atoms. The van der Waals surface area contributed by atoms with Crippen LogP contribution in [-0.2, 0) is 11.3 Å². The van der Waals surface area contributed by atoms with Crippen molar-refractivity contribution in [2.45, 2.75) is 19.4 Å². The maximum Gasteiger partial charge on any atom is 0.241 e. The van der Waals surface area contributed by atoms with Crippen molar-refractivity contribution in [3.8, 4) is 11.4 Å². The molecule has 7 nitrogen and oxygen atoms in total. The number of rotatable bonds is 5. The monoisotopic (exact) mass is 509 g/mol. The van der Waals surface area contributed by atoms with Crippen LogP contribution in [0.2, 0.25) is 0 Å². The summed E-state index contributed by atoms with van der Waals surface area (Å²) in [5, 5.41) is 4.14. The van der Waals surface area contributed by atoms with Crippen molar-refractivity contribution < 1.29 is 9.32 Å². The van der Waals surface area contributed by atoms with E-state index in [2.05, 4.69) is 60.1 Å². The predicted molar refractivity (Wildman–Crippen MR) is 131 cm³/mol. The number of benzene rings is 2. The zero-order chi connectivity index (χ0) is 22.6. The summed E-state index contributed by atoms with van der Waals surface area (Å²) in [6.45, 7) is 5.59. The fourth-order valence-corrected chi connectivity index (χ4v) is 5.14. The van der Waals surface area contributed by atoms with Crippen LogP contribution < -0.4 is 4.90 Å². The molecular weight excluding hydrogens is 482 g/mol. The number of para-hydroxylation sites is 1. The Bertz CT molecular complexity index is 1080. The summed E-state index contributed by atoms with van der Waals surface area (Å²) >= 11 is 3.48. The van der Waals surface area contributed by atoms with E-state index >= 15 is 0 Å². The average molecular weight is 510 g/mol. The van der Waals surface area contributed by atoms with Crippen LogP contribution in [0.15, 0.2) is 63.6 Å². The molecule has 5 rings (SSSR count). The van der Waals surface area contributed by atoms with Crippen LogP contribution in [0.3, 0.4) is 0 Å². The summed E-state index contributed by atoms with van der Waals surface area (Å²) in [5.41, 5.74) is 2.15. The molecule has 1 atom stereocenters. The first-order valence-corrected chi connectivity index (χ1v) is 12.3. The number of aromatic nitrogens is 2. The van der Waals surface area contributed by atoms with Gasteiger partial charge in [-0.15, -0.1) is 0 Å². The Kier molecular flexibility index (Phi) is 6.73. The largest absolute Gasteiger partial charge is 0.368 e. The maximum absolute atomic E-state index is 13.2. The standard InChI is InChI=1S/C25H28BrN5O2/c26-21-8-4-6-19(16-21)24-27-23(33-28-24)18-29-11-5-7-20(17-29)25(32)31-14-12-30(13-15-31)22-9-2-1-3-10-22/h1-4,6,8-10,16,20H,5,7,11-15,17-18H2. The Morgan fingerprint density at radius 2 is 1.85 bits per heavy atom. The van der Waals surface area contributed by atoms with E-state index in [-0.39, 0.29) is 11.8 Å². The summed E-state index contributed by atoms with van der Waals surface area (Å²) in [6.07, 6.45) is 1.95. The molecule has 2 fully saturated rings. The summed E-state index contributed by atoms with van der Waals surface area (Å²) in [5.74, 6) is 1.50. The van der Waals surface area contributed by atoms with Gasteiger partial charge in [-0.05, 0) is 43.7 Å². The van der Waals surface area contributed by atoms with E-state index in [1.165, 1.54) is 5.69 Å². The Balaban J connectivity index is 1.15. The second-order valence-corrected chi connectivity index (χ2v) is 9.66. The number of hydrogen-bond donors (Lipinski definition) is 0. The van der Waals surface area contributed by atoms with Crippen LogP contribution in [0, 0.1) is 5.92 Å². The number of hydrogen-bond acceptors (Lipinski definition) is 6. The molecule has 0 spiro atoms. The molecule has 0 saturated carbocycles. The highest BCUT2D eigenvalue weighted by molar-refractivity contribution is 9.10. The van der Waals surface area contributed by atoms with Gasteiger partial charge in [-0.25, -0.2) is 0 Å². The van der Waals surface area contributed by atoms with Gasteiger partial charge in [-0.3, -0.25) is 9.69 Å². The third-order valence-corrected chi connectivity index (χ3v) is 6.97. The zero-order valence-electron chi connectivity index (χ0n) is 18.6. The second-order valence-electron chi connectivity index (χ2n) is 8.74. The molecule has 1 aromatic heterocycles. The molecule has 3 aromatic rings. The first kappa shape index (κ1) is 22.1. The van der Waals surface area contributed by atoms with Gasteiger partial charge in [0.25, 0.3) is 0 Å². The molecule has 2 aliphatic heterocycles. The van der Waals surface area contributed by atoms with Crippen molar-refractivity contribution in [3.05, 3.63) is 65.0 Å².